The summed E-state index contributed by atoms with van der Waals surface area (Å²) in [6.07, 6.45) is 7.51. The van der Waals surface area contributed by atoms with Crippen molar-refractivity contribution < 1.29 is 14.7 Å². The Morgan fingerprint density at radius 2 is 1.70 bits per heavy atom. The van der Waals surface area contributed by atoms with E-state index in [0.717, 1.165) is 31.8 Å². The highest BCUT2D eigenvalue weighted by molar-refractivity contribution is 5.91. The Labute approximate surface area is 138 Å². The lowest BCUT2D eigenvalue weighted by Gasteiger charge is -2.34. The highest BCUT2D eigenvalue weighted by Gasteiger charge is 2.66. The van der Waals surface area contributed by atoms with Crippen molar-refractivity contribution in [3.8, 4) is 0 Å². The van der Waals surface area contributed by atoms with Crippen LogP contribution in [0.25, 0.3) is 0 Å². The number of likely N-dealkylation sites (tertiary alicyclic amines) is 1. The summed E-state index contributed by atoms with van der Waals surface area (Å²) < 4.78 is 0. The van der Waals surface area contributed by atoms with Crippen LogP contribution in [-0.4, -0.2) is 47.6 Å². The van der Waals surface area contributed by atoms with Gasteiger partial charge in [-0.25, -0.2) is 0 Å². The van der Waals surface area contributed by atoms with Crippen molar-refractivity contribution in [3.05, 3.63) is 0 Å². The van der Waals surface area contributed by atoms with Crippen molar-refractivity contribution in [1.82, 2.24) is 10.2 Å². The van der Waals surface area contributed by atoms with Crippen LogP contribution in [0.15, 0.2) is 0 Å². The SMILES string of the molecule is CC1(C)[C@H](C(=O)O)[C@@H]1C(=O)NC1CCN(CC2CCCC2)CC1. The molecular weight excluding hydrogens is 292 g/mol. The molecule has 1 saturated heterocycles. The van der Waals surface area contributed by atoms with Crippen molar-refractivity contribution in [2.75, 3.05) is 19.6 Å². The van der Waals surface area contributed by atoms with E-state index in [2.05, 4.69) is 10.2 Å². The highest BCUT2D eigenvalue weighted by atomic mass is 16.4. The second-order valence-corrected chi connectivity index (χ2v) is 8.35. The Hall–Kier alpha value is -1.10. The summed E-state index contributed by atoms with van der Waals surface area (Å²) in [7, 11) is 0. The Balaban J connectivity index is 1.42. The van der Waals surface area contributed by atoms with Crippen LogP contribution < -0.4 is 5.32 Å². The first kappa shape index (κ1) is 16.7. The summed E-state index contributed by atoms with van der Waals surface area (Å²) in [5.74, 6) is -0.913. The van der Waals surface area contributed by atoms with Gasteiger partial charge in [-0.2, -0.15) is 0 Å². The van der Waals surface area contributed by atoms with Crippen LogP contribution >= 0.6 is 0 Å². The van der Waals surface area contributed by atoms with E-state index in [1.54, 1.807) is 0 Å². The van der Waals surface area contributed by atoms with Crippen molar-refractivity contribution in [1.29, 1.82) is 0 Å². The van der Waals surface area contributed by atoms with Gasteiger partial charge < -0.3 is 15.3 Å². The van der Waals surface area contributed by atoms with Crippen LogP contribution in [0, 0.1) is 23.2 Å². The normalized spacial score (nSPS) is 31.9. The van der Waals surface area contributed by atoms with Gasteiger partial charge in [0.25, 0.3) is 0 Å². The number of carbonyl (C=O) groups excluding carboxylic acids is 1. The monoisotopic (exact) mass is 322 g/mol. The smallest absolute Gasteiger partial charge is 0.307 e. The van der Waals surface area contributed by atoms with Gasteiger partial charge in [-0.05, 0) is 37.0 Å². The molecule has 0 radical (unpaired) electrons. The standard InChI is InChI=1S/C18H30N2O3/c1-18(2)14(15(18)17(22)23)16(21)19-13-7-9-20(10-8-13)11-12-5-3-4-6-12/h12-15H,3-11H2,1-2H3,(H,19,21)(H,22,23)/t14-,15+/m1/s1. The van der Waals surface area contributed by atoms with Gasteiger partial charge in [0.05, 0.1) is 11.8 Å². The van der Waals surface area contributed by atoms with Crippen molar-refractivity contribution in [2.24, 2.45) is 23.2 Å². The molecule has 3 rings (SSSR count). The molecule has 0 unspecified atom stereocenters. The molecule has 1 heterocycles. The second kappa shape index (κ2) is 6.42. The molecular formula is C18H30N2O3. The fraction of sp³-hybridized carbons (Fsp3) is 0.889. The van der Waals surface area contributed by atoms with Gasteiger partial charge in [-0.3, -0.25) is 9.59 Å². The molecule has 3 fully saturated rings. The maximum absolute atomic E-state index is 12.4. The lowest BCUT2D eigenvalue weighted by atomic mass is 10.0. The molecule has 0 bridgehead atoms. The summed E-state index contributed by atoms with van der Waals surface area (Å²) in [6.45, 7) is 7.08. The number of carboxylic acids is 1. The largest absolute Gasteiger partial charge is 0.481 e. The van der Waals surface area contributed by atoms with E-state index in [9.17, 15) is 14.7 Å². The minimum atomic E-state index is -0.846. The average Bonchev–Trinajstić information content (AvgIpc) is 2.83. The lowest BCUT2D eigenvalue weighted by Crippen LogP contribution is -2.46. The minimum absolute atomic E-state index is 0.0587. The molecule has 0 aromatic rings. The number of nitrogens with zero attached hydrogens (tertiary/aromatic N) is 1. The van der Waals surface area contributed by atoms with Crippen LogP contribution in [0.4, 0.5) is 0 Å². The average molecular weight is 322 g/mol. The summed E-state index contributed by atoms with van der Waals surface area (Å²) >= 11 is 0. The molecule has 0 spiro atoms. The van der Waals surface area contributed by atoms with Crippen molar-refractivity contribution in [2.45, 2.75) is 58.4 Å². The maximum atomic E-state index is 12.4. The van der Waals surface area contributed by atoms with E-state index < -0.39 is 17.3 Å². The molecule has 2 atom stereocenters. The number of rotatable bonds is 5. The third-order valence-electron chi connectivity index (χ3n) is 6.30. The number of nitrogens with one attached hydrogen (secondary N) is 1. The first-order chi connectivity index (χ1) is 10.9. The Kier molecular flexibility index (Phi) is 4.68. The Morgan fingerprint density at radius 3 is 2.22 bits per heavy atom. The van der Waals surface area contributed by atoms with E-state index in [4.69, 9.17) is 0 Å². The summed E-state index contributed by atoms with van der Waals surface area (Å²) in [5.41, 5.74) is -0.404. The van der Waals surface area contributed by atoms with Crippen LogP contribution in [-0.2, 0) is 9.59 Å². The lowest BCUT2D eigenvalue weighted by molar-refractivity contribution is -0.140. The van der Waals surface area contributed by atoms with E-state index >= 15 is 0 Å². The van der Waals surface area contributed by atoms with E-state index in [1.165, 1.54) is 32.2 Å². The molecule has 23 heavy (non-hydrogen) atoms. The zero-order valence-corrected chi connectivity index (χ0v) is 14.4. The van der Waals surface area contributed by atoms with Gasteiger partial charge in [-0.1, -0.05) is 26.7 Å². The van der Waals surface area contributed by atoms with E-state index in [0.29, 0.717) is 0 Å². The number of carbonyl (C=O) groups is 2. The molecule has 1 amide bonds. The van der Waals surface area contributed by atoms with E-state index in [1.807, 2.05) is 13.8 Å². The van der Waals surface area contributed by atoms with Crippen LogP contribution in [0.1, 0.15) is 52.4 Å². The predicted molar refractivity (Wildman–Crippen MR) is 88.0 cm³/mol. The number of hydrogen-bond donors (Lipinski definition) is 2. The molecule has 3 aliphatic rings. The molecule has 2 saturated carbocycles. The third-order valence-corrected chi connectivity index (χ3v) is 6.30. The molecule has 130 valence electrons. The fourth-order valence-corrected chi connectivity index (χ4v) is 4.70. The Morgan fingerprint density at radius 1 is 1.09 bits per heavy atom. The van der Waals surface area contributed by atoms with Crippen LogP contribution in [0.5, 0.6) is 0 Å². The summed E-state index contributed by atoms with van der Waals surface area (Å²) in [5, 5.41) is 12.3. The number of amides is 1. The topological polar surface area (TPSA) is 69.6 Å². The van der Waals surface area contributed by atoms with E-state index in [-0.39, 0.29) is 17.9 Å². The number of aliphatic carboxylic acids is 1. The number of hydrogen-bond acceptors (Lipinski definition) is 3. The van der Waals surface area contributed by atoms with Gasteiger partial charge in [0.2, 0.25) is 5.91 Å². The van der Waals surface area contributed by atoms with Gasteiger partial charge in [0.1, 0.15) is 0 Å². The third kappa shape index (κ3) is 3.54. The number of carboxylic acid groups (broad SMARTS) is 1. The van der Waals surface area contributed by atoms with Crippen LogP contribution in [0.2, 0.25) is 0 Å². The summed E-state index contributed by atoms with van der Waals surface area (Å²) in [4.78, 5) is 26.1. The van der Waals surface area contributed by atoms with Gasteiger partial charge in [-0.15, -0.1) is 0 Å². The zero-order chi connectivity index (χ0) is 16.6. The first-order valence-electron chi connectivity index (χ1n) is 9.15. The van der Waals surface area contributed by atoms with Crippen molar-refractivity contribution >= 4 is 11.9 Å². The minimum Gasteiger partial charge on any atom is -0.481 e. The predicted octanol–water partition coefficient (Wildman–Crippen LogP) is 2.11. The first-order valence-corrected chi connectivity index (χ1v) is 9.15. The molecule has 2 aliphatic carbocycles. The molecule has 5 heteroatoms. The van der Waals surface area contributed by atoms with Gasteiger partial charge >= 0.3 is 5.97 Å². The molecule has 0 aromatic heterocycles. The molecule has 1 aliphatic heterocycles. The fourth-order valence-electron chi connectivity index (χ4n) is 4.70. The number of piperidine rings is 1. The zero-order valence-electron chi connectivity index (χ0n) is 14.4. The van der Waals surface area contributed by atoms with Crippen molar-refractivity contribution in [3.63, 3.8) is 0 Å². The molecule has 5 nitrogen and oxygen atoms in total. The second-order valence-electron chi connectivity index (χ2n) is 8.35. The van der Waals surface area contributed by atoms with Gasteiger partial charge in [0.15, 0.2) is 0 Å². The quantitative estimate of drug-likeness (QED) is 0.813. The maximum Gasteiger partial charge on any atom is 0.307 e. The Bertz CT molecular complexity index is 463. The van der Waals surface area contributed by atoms with Gasteiger partial charge in [0, 0.05) is 25.7 Å². The molecule has 2 N–H and O–H groups in total. The molecule has 0 aromatic carbocycles. The highest BCUT2D eigenvalue weighted by Crippen LogP contribution is 2.58. The summed E-state index contributed by atoms with van der Waals surface area (Å²) in [6, 6.07) is 0.216. The van der Waals surface area contributed by atoms with Crippen LogP contribution in [0.3, 0.4) is 0 Å².